The molecular formula is C23H16ClF5IN7O2. The highest BCUT2D eigenvalue weighted by atomic mass is 127. The fourth-order valence-corrected chi connectivity index (χ4v) is 4.69. The molecule has 0 saturated carbocycles. The van der Waals surface area contributed by atoms with Crippen molar-refractivity contribution in [3.8, 4) is 5.82 Å². The number of pyridine rings is 1. The number of ketones is 1. The van der Waals surface area contributed by atoms with Gasteiger partial charge >= 0.3 is 12.1 Å². The number of nitrogens with two attached hydrogens (primary N) is 1. The molecule has 0 aliphatic rings. The highest BCUT2D eigenvalue weighted by Crippen LogP contribution is 2.42. The molecule has 1 amide bonds. The van der Waals surface area contributed by atoms with E-state index in [1.165, 1.54) is 18.3 Å². The number of primary amides is 1. The van der Waals surface area contributed by atoms with E-state index in [1.54, 1.807) is 25.1 Å². The van der Waals surface area contributed by atoms with Gasteiger partial charge in [0.05, 0.1) is 23.5 Å². The number of carbonyl (C=O) groups excluding carboxylic acids is 2. The van der Waals surface area contributed by atoms with Crippen LogP contribution in [0.25, 0.3) is 5.82 Å². The molecule has 9 nitrogen and oxygen atoms in total. The maximum atomic E-state index is 13.6. The lowest BCUT2D eigenvalue weighted by molar-refractivity contribution is -0.291. The van der Waals surface area contributed by atoms with Crippen molar-refractivity contribution < 1.29 is 31.5 Å². The number of rotatable bonds is 8. The van der Waals surface area contributed by atoms with Crippen molar-refractivity contribution >= 4 is 45.9 Å². The van der Waals surface area contributed by atoms with Gasteiger partial charge in [-0.05, 0) is 71.0 Å². The Labute approximate surface area is 235 Å². The van der Waals surface area contributed by atoms with Gasteiger partial charge < -0.3 is 5.73 Å². The molecule has 2 N–H and O–H groups in total. The Hall–Kier alpha value is -3.47. The number of benzene rings is 1. The van der Waals surface area contributed by atoms with Crippen LogP contribution in [0.4, 0.5) is 22.0 Å². The zero-order valence-corrected chi connectivity index (χ0v) is 22.6. The van der Waals surface area contributed by atoms with Gasteiger partial charge in [-0.2, -0.15) is 27.1 Å². The minimum atomic E-state index is -5.86. The number of hydrogen-bond acceptors (Lipinski definition) is 6. The molecule has 0 atom stereocenters. The average Bonchev–Trinajstić information content (AvgIpc) is 3.48. The van der Waals surface area contributed by atoms with E-state index >= 15 is 0 Å². The van der Waals surface area contributed by atoms with Crippen LogP contribution in [-0.4, -0.2) is 47.6 Å². The molecule has 3 heterocycles. The van der Waals surface area contributed by atoms with Crippen LogP contribution in [0.5, 0.6) is 0 Å². The molecule has 4 rings (SSSR count). The fraction of sp³-hybridized carbons (Fsp3) is 0.217. The number of amides is 1. The molecule has 1 aromatic carbocycles. The summed E-state index contributed by atoms with van der Waals surface area (Å²) < 4.78 is 68.0. The van der Waals surface area contributed by atoms with Crippen molar-refractivity contribution in [2.75, 3.05) is 0 Å². The zero-order valence-electron chi connectivity index (χ0n) is 19.7. The summed E-state index contributed by atoms with van der Waals surface area (Å²) in [6.45, 7) is 1.31. The Morgan fingerprint density at radius 1 is 1.15 bits per heavy atom. The quantitative estimate of drug-likeness (QED) is 0.165. The second kappa shape index (κ2) is 10.6. The van der Waals surface area contributed by atoms with E-state index in [0.717, 1.165) is 12.9 Å². The largest absolute Gasteiger partial charge is 0.459 e. The van der Waals surface area contributed by atoms with E-state index in [-0.39, 0.29) is 34.2 Å². The summed E-state index contributed by atoms with van der Waals surface area (Å²) in [4.78, 5) is 29.7. The number of aromatic nitrogens is 6. The lowest BCUT2D eigenvalue weighted by atomic mass is 9.96. The van der Waals surface area contributed by atoms with E-state index in [0.29, 0.717) is 17.3 Å². The number of aryl methyl sites for hydroxylation is 1. The average molecular weight is 680 g/mol. The summed E-state index contributed by atoms with van der Waals surface area (Å²) in [7, 11) is 0. The minimum absolute atomic E-state index is 0.0417. The van der Waals surface area contributed by atoms with E-state index in [9.17, 15) is 31.5 Å². The van der Waals surface area contributed by atoms with Crippen LogP contribution < -0.4 is 5.73 Å². The van der Waals surface area contributed by atoms with Crippen molar-refractivity contribution in [2.24, 2.45) is 5.73 Å². The molecule has 0 aliphatic heterocycles. The van der Waals surface area contributed by atoms with Gasteiger partial charge in [0.1, 0.15) is 5.69 Å². The Morgan fingerprint density at radius 3 is 2.51 bits per heavy atom. The molecule has 0 spiro atoms. The van der Waals surface area contributed by atoms with Crippen LogP contribution in [0.1, 0.15) is 43.4 Å². The first-order valence-electron chi connectivity index (χ1n) is 10.9. The Morgan fingerprint density at radius 2 is 1.87 bits per heavy atom. The van der Waals surface area contributed by atoms with Crippen LogP contribution >= 0.6 is 34.2 Å². The van der Waals surface area contributed by atoms with Crippen LogP contribution in [0.3, 0.4) is 0 Å². The molecule has 0 fully saturated rings. The van der Waals surface area contributed by atoms with Gasteiger partial charge in [-0.1, -0.05) is 16.8 Å². The number of Topliss-reactive ketones (excluding diaryl/α,β-unsaturated/α-hetero) is 1. The van der Waals surface area contributed by atoms with Crippen LogP contribution in [0, 0.1) is 10.5 Å². The Kier molecular flexibility index (Phi) is 7.75. The first-order chi connectivity index (χ1) is 18.2. The Balaban J connectivity index is 1.74. The topological polar surface area (TPSA) is 122 Å². The smallest absolute Gasteiger partial charge is 0.366 e. The van der Waals surface area contributed by atoms with Crippen molar-refractivity contribution in [3.63, 3.8) is 0 Å². The normalized spacial score (nSPS) is 12.1. The summed E-state index contributed by atoms with van der Waals surface area (Å²) in [5.74, 6) is -6.40. The maximum absolute atomic E-state index is 13.6. The molecule has 0 unspecified atom stereocenters. The number of carbonyl (C=O) groups is 2. The Bertz CT molecular complexity index is 1590. The van der Waals surface area contributed by atoms with Gasteiger partial charge in [-0.25, -0.2) is 14.3 Å². The monoisotopic (exact) mass is 679 g/mol. The van der Waals surface area contributed by atoms with Gasteiger partial charge in [0.2, 0.25) is 5.91 Å². The van der Waals surface area contributed by atoms with Crippen LogP contribution in [0.15, 0.2) is 42.7 Å². The summed E-state index contributed by atoms with van der Waals surface area (Å²) in [5.41, 5.74) is 5.14. The number of hydrogen-bond donors (Lipinski definition) is 1. The van der Waals surface area contributed by atoms with Gasteiger partial charge in [-0.3, -0.25) is 9.59 Å². The van der Waals surface area contributed by atoms with E-state index in [1.807, 2.05) is 22.6 Å². The number of nitrogens with zero attached hydrogens (tertiary/aromatic N) is 6. The minimum Gasteiger partial charge on any atom is -0.366 e. The lowest BCUT2D eigenvalue weighted by Gasteiger charge is -2.16. The number of alkyl halides is 5. The third-order valence-electron chi connectivity index (χ3n) is 5.57. The third kappa shape index (κ3) is 5.78. The van der Waals surface area contributed by atoms with Crippen molar-refractivity contribution in [3.05, 3.63) is 85.1 Å². The van der Waals surface area contributed by atoms with Crippen molar-refractivity contribution in [2.45, 2.75) is 32.0 Å². The second-order valence-corrected chi connectivity index (χ2v) is 9.98. The molecular weight excluding hydrogens is 664 g/mol. The summed E-state index contributed by atoms with van der Waals surface area (Å²) >= 11 is 8.27. The van der Waals surface area contributed by atoms with Gasteiger partial charge in [0.15, 0.2) is 17.3 Å². The fourth-order valence-electron chi connectivity index (χ4n) is 3.71. The lowest BCUT2D eigenvalue weighted by Crippen LogP contribution is -2.34. The standard InChI is InChI=1S/C23H16ClF5IN7O2/c1-11-5-12(30)6-15(20(31)39)14(11)8-18(38)17-7-13(34-37(17)21-16(24)3-2-4-32-21)9-36-10-19(33-35-36)22(25,26)23(27,28)29/h2-7,10H,8-9H2,1H3,(H2,31,39). The summed E-state index contributed by atoms with van der Waals surface area (Å²) in [5, 5.41) is 10.7. The molecule has 204 valence electrons. The van der Waals surface area contributed by atoms with Crippen LogP contribution in [-0.2, 0) is 18.9 Å². The first-order valence-corrected chi connectivity index (χ1v) is 12.3. The van der Waals surface area contributed by atoms with Gasteiger partial charge in [0.25, 0.3) is 0 Å². The first kappa shape index (κ1) is 28.5. The van der Waals surface area contributed by atoms with E-state index < -0.39 is 36.0 Å². The third-order valence-corrected chi connectivity index (χ3v) is 6.48. The SMILES string of the molecule is Cc1cc(I)cc(C(N)=O)c1CC(=O)c1cc(Cn2cc(C(F)(F)C(F)(F)F)nn2)nn1-c1ncccc1Cl. The summed E-state index contributed by atoms with van der Waals surface area (Å²) in [6, 6.07) is 7.66. The predicted molar refractivity (Wildman–Crippen MR) is 136 cm³/mol. The number of halogens is 7. The maximum Gasteiger partial charge on any atom is 0.459 e. The molecule has 4 aromatic rings. The summed E-state index contributed by atoms with van der Waals surface area (Å²) in [6.07, 6.45) is -4.28. The van der Waals surface area contributed by atoms with Gasteiger partial charge in [-0.15, -0.1) is 5.10 Å². The molecule has 0 radical (unpaired) electrons. The molecule has 3 aromatic heterocycles. The van der Waals surface area contributed by atoms with Gasteiger partial charge in [0, 0.05) is 21.8 Å². The highest BCUT2D eigenvalue weighted by molar-refractivity contribution is 14.1. The second-order valence-electron chi connectivity index (χ2n) is 8.33. The highest BCUT2D eigenvalue weighted by Gasteiger charge is 2.60. The molecule has 0 aliphatic carbocycles. The molecule has 0 saturated heterocycles. The van der Waals surface area contributed by atoms with Crippen molar-refractivity contribution in [1.29, 1.82) is 0 Å². The molecule has 0 bridgehead atoms. The zero-order chi connectivity index (χ0) is 28.7. The van der Waals surface area contributed by atoms with E-state index in [2.05, 4.69) is 20.4 Å². The predicted octanol–water partition coefficient (Wildman–Crippen LogP) is 4.65. The molecule has 16 heteroatoms. The van der Waals surface area contributed by atoms with Crippen molar-refractivity contribution in [1.82, 2.24) is 29.8 Å². The van der Waals surface area contributed by atoms with E-state index in [4.69, 9.17) is 17.3 Å². The molecule has 39 heavy (non-hydrogen) atoms. The van der Waals surface area contributed by atoms with Crippen LogP contribution in [0.2, 0.25) is 5.02 Å².